The van der Waals surface area contributed by atoms with Crippen molar-refractivity contribution in [1.29, 1.82) is 0 Å². The third kappa shape index (κ3) is 4.65. The van der Waals surface area contributed by atoms with E-state index in [1.165, 1.54) is 35.7 Å². The molecule has 0 radical (unpaired) electrons. The van der Waals surface area contributed by atoms with E-state index in [1.807, 2.05) is 30.1 Å². The number of halogens is 3. The Morgan fingerprint density at radius 3 is 2.54 bits per heavy atom. The minimum atomic E-state index is -4.46. The van der Waals surface area contributed by atoms with Crippen molar-refractivity contribution in [3.63, 3.8) is 0 Å². The molecule has 5 nitrogen and oxygen atoms in total. The van der Waals surface area contributed by atoms with Crippen molar-refractivity contribution in [2.75, 3.05) is 19.1 Å². The van der Waals surface area contributed by atoms with Crippen molar-refractivity contribution in [1.82, 2.24) is 4.90 Å². The van der Waals surface area contributed by atoms with Gasteiger partial charge in [0.25, 0.3) is 5.91 Å². The fraction of sp³-hybridized carbons (Fsp3) is 0.360. The number of hydrogen-bond acceptors (Lipinski definition) is 6. The molecule has 1 saturated carbocycles. The van der Waals surface area contributed by atoms with Gasteiger partial charge < -0.3 is 9.64 Å². The van der Waals surface area contributed by atoms with E-state index in [4.69, 9.17) is 4.74 Å². The fourth-order valence-corrected chi connectivity index (χ4v) is 6.95. The van der Waals surface area contributed by atoms with Crippen LogP contribution in [0.3, 0.4) is 0 Å². The maximum Gasteiger partial charge on any atom is 0.416 e. The van der Waals surface area contributed by atoms with Crippen molar-refractivity contribution in [2.24, 2.45) is 4.99 Å². The Morgan fingerprint density at radius 2 is 1.83 bits per heavy atom. The summed E-state index contributed by atoms with van der Waals surface area (Å²) in [6, 6.07) is 10.7. The molecule has 2 fully saturated rings. The van der Waals surface area contributed by atoms with Gasteiger partial charge in [-0.2, -0.15) is 13.2 Å². The number of alkyl halides is 3. The first-order valence-electron chi connectivity index (χ1n) is 11.4. The largest absolute Gasteiger partial charge is 0.497 e. The van der Waals surface area contributed by atoms with Crippen LogP contribution in [0.25, 0.3) is 0 Å². The van der Waals surface area contributed by atoms with E-state index in [-0.39, 0.29) is 17.6 Å². The Morgan fingerprint density at radius 1 is 1.06 bits per heavy atom. The minimum Gasteiger partial charge on any atom is -0.497 e. The topological polar surface area (TPSA) is 45.1 Å². The van der Waals surface area contributed by atoms with E-state index < -0.39 is 11.7 Å². The quantitative estimate of drug-likeness (QED) is 0.408. The SMILES string of the molecule is COc1ccc2c(c1)N(C)/C(=C1/SC(=Nc3cccc(C(F)(F)F)c3)N(C3CCCCC3)C1=O)S2. The number of amidine groups is 1. The van der Waals surface area contributed by atoms with E-state index in [0.717, 1.165) is 65.6 Å². The second-order valence-electron chi connectivity index (χ2n) is 8.64. The van der Waals surface area contributed by atoms with Gasteiger partial charge >= 0.3 is 6.18 Å². The van der Waals surface area contributed by atoms with Crippen molar-refractivity contribution < 1.29 is 22.7 Å². The van der Waals surface area contributed by atoms with Crippen LogP contribution in [-0.2, 0) is 11.0 Å². The molecule has 0 spiro atoms. The van der Waals surface area contributed by atoms with Gasteiger partial charge in [-0.1, -0.05) is 37.1 Å². The van der Waals surface area contributed by atoms with E-state index in [1.54, 1.807) is 12.0 Å². The van der Waals surface area contributed by atoms with Crippen LogP contribution in [-0.4, -0.2) is 36.2 Å². The molecule has 0 bridgehead atoms. The van der Waals surface area contributed by atoms with Gasteiger partial charge in [0, 0.05) is 24.1 Å². The zero-order chi connectivity index (χ0) is 24.7. The predicted molar refractivity (Wildman–Crippen MR) is 134 cm³/mol. The van der Waals surface area contributed by atoms with Crippen molar-refractivity contribution in [3.8, 4) is 5.75 Å². The zero-order valence-corrected chi connectivity index (χ0v) is 20.9. The minimum absolute atomic E-state index is 0.00872. The average Bonchev–Trinajstić information content (AvgIpc) is 3.34. The third-order valence-electron chi connectivity index (χ3n) is 6.38. The van der Waals surface area contributed by atoms with Gasteiger partial charge in [0.1, 0.15) is 10.7 Å². The van der Waals surface area contributed by atoms with Gasteiger partial charge in [-0.15, -0.1) is 0 Å². The predicted octanol–water partition coefficient (Wildman–Crippen LogP) is 7.02. The van der Waals surface area contributed by atoms with Gasteiger partial charge in [-0.05, 0) is 54.9 Å². The number of rotatable bonds is 3. The highest BCUT2D eigenvalue weighted by Crippen LogP contribution is 2.51. The van der Waals surface area contributed by atoms with Crippen molar-refractivity contribution >= 4 is 46.0 Å². The Hall–Kier alpha value is -2.59. The van der Waals surface area contributed by atoms with Gasteiger partial charge in [0.2, 0.25) is 0 Å². The number of fused-ring (bicyclic) bond motifs is 1. The lowest BCUT2D eigenvalue weighted by atomic mass is 9.94. The molecule has 0 aromatic heterocycles. The number of anilines is 1. The maximum absolute atomic E-state index is 13.8. The maximum atomic E-state index is 13.8. The van der Waals surface area contributed by atoms with Crippen molar-refractivity contribution in [2.45, 2.75) is 49.2 Å². The molecule has 1 aliphatic carbocycles. The average molecular weight is 520 g/mol. The van der Waals surface area contributed by atoms with E-state index in [9.17, 15) is 18.0 Å². The first kappa shape index (κ1) is 24.1. The molecule has 2 heterocycles. The number of benzene rings is 2. The molecule has 0 atom stereocenters. The Labute approximate surface area is 210 Å². The summed E-state index contributed by atoms with van der Waals surface area (Å²) in [5.74, 6) is 0.588. The van der Waals surface area contributed by atoms with E-state index in [2.05, 4.69) is 4.99 Å². The highest BCUT2D eigenvalue weighted by molar-refractivity contribution is 8.19. The second kappa shape index (κ2) is 9.46. The molecule has 0 unspecified atom stereocenters. The highest BCUT2D eigenvalue weighted by atomic mass is 32.2. The number of thioether (sulfide) groups is 2. The Kier molecular flexibility index (Phi) is 6.52. The van der Waals surface area contributed by atoms with Crippen molar-refractivity contribution in [3.05, 3.63) is 58.0 Å². The first-order chi connectivity index (χ1) is 16.8. The summed E-state index contributed by atoms with van der Waals surface area (Å²) in [5.41, 5.74) is 0.368. The molecule has 10 heteroatoms. The number of methoxy groups -OCH3 is 1. The summed E-state index contributed by atoms with van der Waals surface area (Å²) >= 11 is 2.75. The number of amides is 1. The number of carbonyl (C=O) groups is 1. The van der Waals surface area contributed by atoms with Crippen LogP contribution in [0.2, 0.25) is 0 Å². The van der Waals surface area contributed by atoms with Crippen LogP contribution in [0, 0.1) is 0 Å². The standard InChI is InChI=1S/C25H24F3N3O2S2/c1-30-19-14-18(33-2)11-12-20(19)34-23(30)21-22(32)31(17-9-4-3-5-10-17)24(35-21)29-16-8-6-7-15(13-16)25(26,27)28/h6-8,11-14,17H,3-5,9-10H2,1-2H3/b23-21-,29-24?. The molecule has 5 rings (SSSR count). The normalized spacial score (nSPS) is 22.3. The van der Waals surface area contributed by atoms with Crippen LogP contribution in [0.1, 0.15) is 37.7 Å². The van der Waals surface area contributed by atoms with Crippen LogP contribution in [0.15, 0.2) is 62.3 Å². The molecule has 35 heavy (non-hydrogen) atoms. The second-order valence-corrected chi connectivity index (χ2v) is 10.6. The van der Waals surface area contributed by atoms with Gasteiger partial charge in [-0.25, -0.2) is 4.99 Å². The van der Waals surface area contributed by atoms with Crippen LogP contribution >= 0.6 is 23.5 Å². The number of hydrogen-bond donors (Lipinski definition) is 0. The summed E-state index contributed by atoms with van der Waals surface area (Å²) in [5, 5.41) is 1.23. The highest BCUT2D eigenvalue weighted by Gasteiger charge is 2.42. The Bertz CT molecular complexity index is 1220. The Balaban J connectivity index is 1.55. The van der Waals surface area contributed by atoms with Crippen LogP contribution in [0.5, 0.6) is 5.75 Å². The summed E-state index contributed by atoms with van der Waals surface area (Å²) in [6.07, 6.45) is 0.411. The molecule has 2 aliphatic heterocycles. The molecule has 2 aromatic carbocycles. The summed E-state index contributed by atoms with van der Waals surface area (Å²) in [7, 11) is 3.51. The van der Waals surface area contributed by atoms with E-state index >= 15 is 0 Å². The third-order valence-corrected chi connectivity index (χ3v) is 8.79. The lowest BCUT2D eigenvalue weighted by molar-refractivity contribution is -0.137. The first-order valence-corrected chi connectivity index (χ1v) is 13.0. The molecule has 1 saturated heterocycles. The van der Waals surface area contributed by atoms with Gasteiger partial charge in [0.05, 0.1) is 29.1 Å². The molecule has 0 N–H and O–H groups in total. The van der Waals surface area contributed by atoms with Crippen LogP contribution < -0.4 is 9.64 Å². The van der Waals surface area contributed by atoms with Gasteiger partial charge in [0.15, 0.2) is 5.17 Å². The summed E-state index contributed by atoms with van der Waals surface area (Å²) in [4.78, 5) is 23.6. The molecule has 3 aliphatic rings. The number of carbonyl (C=O) groups excluding carboxylic acids is 1. The lowest BCUT2D eigenvalue weighted by Gasteiger charge is -2.30. The summed E-state index contributed by atoms with van der Waals surface area (Å²) in [6.45, 7) is 0. The number of ether oxygens (including phenoxy) is 1. The lowest BCUT2D eigenvalue weighted by Crippen LogP contribution is -2.40. The molecular weight excluding hydrogens is 495 g/mol. The molecule has 184 valence electrons. The monoisotopic (exact) mass is 519 g/mol. The fourth-order valence-electron chi connectivity index (χ4n) is 4.57. The molecular formula is C25H24F3N3O2S2. The van der Waals surface area contributed by atoms with Gasteiger partial charge in [-0.3, -0.25) is 9.69 Å². The number of nitrogens with zero attached hydrogens (tertiary/aromatic N) is 3. The number of aliphatic imine (C=N–C) groups is 1. The van der Waals surface area contributed by atoms with E-state index in [0.29, 0.717) is 10.1 Å². The van der Waals surface area contributed by atoms with Crippen LogP contribution in [0.4, 0.5) is 24.5 Å². The smallest absolute Gasteiger partial charge is 0.416 e. The summed E-state index contributed by atoms with van der Waals surface area (Å²) < 4.78 is 45.1. The molecule has 1 amide bonds. The zero-order valence-electron chi connectivity index (χ0n) is 19.3. The molecule has 2 aromatic rings.